The van der Waals surface area contributed by atoms with Gasteiger partial charge in [0.15, 0.2) is 0 Å². The number of hydrogen-bond acceptors (Lipinski definition) is 2. The number of amides is 1. The van der Waals surface area contributed by atoms with E-state index in [1.54, 1.807) is 6.07 Å². The first-order valence-electron chi connectivity index (χ1n) is 7.97. The molecule has 2 N–H and O–H groups in total. The Balaban J connectivity index is 2.18. The predicted octanol–water partition coefficient (Wildman–Crippen LogP) is 3.14. The third-order valence-electron chi connectivity index (χ3n) is 4.48. The van der Waals surface area contributed by atoms with Gasteiger partial charge in [0.05, 0.1) is 5.02 Å². The molecular weight excluding hydrogens is 286 g/mol. The van der Waals surface area contributed by atoms with Crippen LogP contribution >= 0.6 is 11.6 Å². The van der Waals surface area contributed by atoms with Crippen LogP contribution in [-0.2, 0) is 6.54 Å². The molecular formula is C16H26ClN3O. The van der Waals surface area contributed by atoms with Gasteiger partial charge in [0.25, 0.3) is 5.91 Å². The van der Waals surface area contributed by atoms with E-state index >= 15 is 0 Å². The monoisotopic (exact) mass is 311 g/mol. The first-order chi connectivity index (χ1) is 10.1. The van der Waals surface area contributed by atoms with Crippen molar-refractivity contribution < 1.29 is 4.79 Å². The highest BCUT2D eigenvalue weighted by Gasteiger charge is 2.31. The van der Waals surface area contributed by atoms with Crippen LogP contribution in [0, 0.1) is 5.92 Å². The van der Waals surface area contributed by atoms with Crippen molar-refractivity contribution in [1.82, 2.24) is 9.47 Å². The molecule has 0 aromatic carbocycles. The van der Waals surface area contributed by atoms with E-state index in [-0.39, 0.29) is 11.9 Å². The zero-order valence-electron chi connectivity index (χ0n) is 13.0. The summed E-state index contributed by atoms with van der Waals surface area (Å²) in [6.07, 6.45) is 6.07. The Labute approximate surface area is 132 Å². The molecule has 1 aliphatic heterocycles. The van der Waals surface area contributed by atoms with Crippen LogP contribution in [0.25, 0.3) is 0 Å². The van der Waals surface area contributed by atoms with Crippen molar-refractivity contribution in [3.8, 4) is 0 Å². The van der Waals surface area contributed by atoms with Crippen molar-refractivity contribution in [2.45, 2.75) is 52.1 Å². The lowest BCUT2D eigenvalue weighted by Crippen LogP contribution is -2.50. The SMILES string of the molecule is CCCn1cc(Cl)cc1C(=O)N1CCC(CC)CC1CN. The molecule has 0 saturated carbocycles. The molecule has 5 heteroatoms. The van der Waals surface area contributed by atoms with Gasteiger partial charge in [-0.1, -0.05) is 31.9 Å². The van der Waals surface area contributed by atoms with Crippen molar-refractivity contribution in [1.29, 1.82) is 0 Å². The first kappa shape index (κ1) is 16.4. The summed E-state index contributed by atoms with van der Waals surface area (Å²) in [7, 11) is 0. The topological polar surface area (TPSA) is 51.3 Å². The molecule has 2 atom stereocenters. The molecule has 0 radical (unpaired) electrons. The number of halogens is 1. The normalized spacial score (nSPS) is 22.6. The van der Waals surface area contributed by atoms with Gasteiger partial charge in [0, 0.05) is 31.9 Å². The Morgan fingerprint density at radius 2 is 2.24 bits per heavy atom. The predicted molar refractivity (Wildman–Crippen MR) is 86.6 cm³/mol. The van der Waals surface area contributed by atoms with E-state index in [9.17, 15) is 4.79 Å². The van der Waals surface area contributed by atoms with Crippen LogP contribution in [0.5, 0.6) is 0 Å². The highest BCUT2D eigenvalue weighted by atomic mass is 35.5. The van der Waals surface area contributed by atoms with Gasteiger partial charge in [0.1, 0.15) is 5.69 Å². The molecule has 21 heavy (non-hydrogen) atoms. The van der Waals surface area contributed by atoms with Crippen LogP contribution in [0.4, 0.5) is 0 Å². The van der Waals surface area contributed by atoms with Crippen LogP contribution in [0.2, 0.25) is 5.02 Å². The summed E-state index contributed by atoms with van der Waals surface area (Å²) in [5.41, 5.74) is 6.59. The van der Waals surface area contributed by atoms with Gasteiger partial charge < -0.3 is 15.2 Å². The number of aryl methyl sites for hydroxylation is 1. The molecule has 0 aliphatic carbocycles. The smallest absolute Gasteiger partial charge is 0.270 e. The average molecular weight is 312 g/mol. The largest absolute Gasteiger partial charge is 0.342 e. The average Bonchev–Trinajstić information content (AvgIpc) is 2.87. The van der Waals surface area contributed by atoms with E-state index in [1.807, 2.05) is 15.7 Å². The standard InChI is InChI=1S/C16H26ClN3O/c1-3-6-19-11-13(17)9-15(19)16(21)20-7-5-12(4-2)8-14(20)10-18/h9,11-12,14H,3-8,10,18H2,1-2H3. The van der Waals surface area contributed by atoms with Gasteiger partial charge in [-0.2, -0.15) is 0 Å². The fourth-order valence-electron chi connectivity index (χ4n) is 3.22. The fourth-order valence-corrected chi connectivity index (χ4v) is 3.44. The number of carbonyl (C=O) groups is 1. The van der Waals surface area contributed by atoms with Crippen molar-refractivity contribution in [3.63, 3.8) is 0 Å². The molecule has 2 unspecified atom stereocenters. The fraction of sp³-hybridized carbons (Fsp3) is 0.688. The number of carbonyl (C=O) groups excluding carboxylic acids is 1. The molecule has 1 fully saturated rings. The third kappa shape index (κ3) is 3.61. The number of nitrogens with zero attached hydrogens (tertiary/aromatic N) is 2. The van der Waals surface area contributed by atoms with Crippen molar-refractivity contribution in [2.24, 2.45) is 11.7 Å². The van der Waals surface area contributed by atoms with Gasteiger partial charge >= 0.3 is 0 Å². The second-order valence-corrected chi connectivity index (χ2v) is 6.36. The number of aromatic nitrogens is 1. The Hall–Kier alpha value is -1.00. The zero-order chi connectivity index (χ0) is 15.4. The van der Waals surface area contributed by atoms with Crippen LogP contribution in [0.1, 0.15) is 50.0 Å². The summed E-state index contributed by atoms with van der Waals surface area (Å²) in [5, 5.41) is 0.625. The van der Waals surface area contributed by atoms with E-state index in [2.05, 4.69) is 13.8 Å². The number of hydrogen-bond donors (Lipinski definition) is 1. The van der Waals surface area contributed by atoms with Crippen molar-refractivity contribution in [2.75, 3.05) is 13.1 Å². The van der Waals surface area contributed by atoms with Gasteiger partial charge in [-0.05, 0) is 31.2 Å². The summed E-state index contributed by atoms with van der Waals surface area (Å²) in [4.78, 5) is 14.8. The first-order valence-corrected chi connectivity index (χ1v) is 8.35. The van der Waals surface area contributed by atoms with Crippen LogP contribution in [0.15, 0.2) is 12.3 Å². The third-order valence-corrected chi connectivity index (χ3v) is 4.69. The maximum atomic E-state index is 12.9. The molecule has 2 rings (SSSR count). The summed E-state index contributed by atoms with van der Waals surface area (Å²) < 4.78 is 1.96. The molecule has 1 saturated heterocycles. The van der Waals surface area contributed by atoms with E-state index in [1.165, 1.54) is 0 Å². The number of rotatable bonds is 5. The second kappa shape index (κ2) is 7.32. The highest BCUT2D eigenvalue weighted by Crippen LogP contribution is 2.27. The van der Waals surface area contributed by atoms with Crippen LogP contribution < -0.4 is 5.73 Å². The molecule has 1 aromatic heterocycles. The van der Waals surface area contributed by atoms with E-state index in [0.29, 0.717) is 23.2 Å². The zero-order valence-corrected chi connectivity index (χ0v) is 13.8. The molecule has 4 nitrogen and oxygen atoms in total. The van der Waals surface area contributed by atoms with Crippen molar-refractivity contribution in [3.05, 3.63) is 23.0 Å². The molecule has 1 amide bonds. The van der Waals surface area contributed by atoms with Crippen LogP contribution in [0.3, 0.4) is 0 Å². The minimum Gasteiger partial charge on any atom is -0.342 e. The minimum absolute atomic E-state index is 0.0698. The lowest BCUT2D eigenvalue weighted by atomic mass is 9.88. The van der Waals surface area contributed by atoms with E-state index in [0.717, 1.165) is 38.8 Å². The molecule has 0 bridgehead atoms. The van der Waals surface area contributed by atoms with Gasteiger partial charge in [-0.25, -0.2) is 0 Å². The molecule has 2 heterocycles. The number of nitrogens with two attached hydrogens (primary N) is 1. The molecule has 118 valence electrons. The van der Waals surface area contributed by atoms with Crippen LogP contribution in [-0.4, -0.2) is 34.5 Å². The highest BCUT2D eigenvalue weighted by molar-refractivity contribution is 6.31. The second-order valence-electron chi connectivity index (χ2n) is 5.92. The maximum Gasteiger partial charge on any atom is 0.270 e. The van der Waals surface area contributed by atoms with E-state index < -0.39 is 0 Å². The van der Waals surface area contributed by atoms with Gasteiger partial charge in [-0.3, -0.25) is 4.79 Å². The number of piperidine rings is 1. The Kier molecular flexibility index (Phi) is 5.71. The Bertz CT molecular complexity index is 486. The lowest BCUT2D eigenvalue weighted by Gasteiger charge is -2.39. The number of likely N-dealkylation sites (tertiary alicyclic amines) is 1. The molecule has 1 aromatic rings. The summed E-state index contributed by atoms with van der Waals surface area (Å²) in [6, 6.07) is 1.93. The van der Waals surface area contributed by atoms with E-state index in [4.69, 9.17) is 17.3 Å². The van der Waals surface area contributed by atoms with Gasteiger partial charge in [0.2, 0.25) is 0 Å². The van der Waals surface area contributed by atoms with Gasteiger partial charge in [-0.15, -0.1) is 0 Å². The Morgan fingerprint density at radius 3 is 2.86 bits per heavy atom. The quantitative estimate of drug-likeness (QED) is 0.908. The molecule has 1 aliphatic rings. The summed E-state index contributed by atoms with van der Waals surface area (Å²) in [6.45, 7) is 6.45. The summed E-state index contributed by atoms with van der Waals surface area (Å²) >= 11 is 6.08. The summed E-state index contributed by atoms with van der Waals surface area (Å²) in [5.74, 6) is 0.758. The maximum absolute atomic E-state index is 12.9. The Morgan fingerprint density at radius 1 is 1.48 bits per heavy atom. The molecule has 0 spiro atoms. The minimum atomic E-state index is 0.0698. The lowest BCUT2D eigenvalue weighted by molar-refractivity contribution is 0.0547. The van der Waals surface area contributed by atoms with Crippen molar-refractivity contribution >= 4 is 17.5 Å².